The second kappa shape index (κ2) is 5.99. The lowest BCUT2D eigenvalue weighted by Crippen LogP contribution is -2.47. The van der Waals surface area contributed by atoms with Gasteiger partial charge in [-0.25, -0.2) is 0 Å². The van der Waals surface area contributed by atoms with Gasteiger partial charge < -0.3 is 10.2 Å². The molecule has 1 fully saturated rings. The third-order valence-electron chi connectivity index (χ3n) is 3.14. The van der Waals surface area contributed by atoms with Crippen LogP contribution < -0.4 is 5.32 Å². The largest absolute Gasteiger partial charge is 0.354 e. The van der Waals surface area contributed by atoms with Gasteiger partial charge in [0.25, 0.3) is 0 Å². The van der Waals surface area contributed by atoms with Gasteiger partial charge in [0, 0.05) is 38.5 Å². The molecule has 0 aromatic carbocycles. The van der Waals surface area contributed by atoms with Crippen LogP contribution in [0.15, 0.2) is 0 Å². The van der Waals surface area contributed by atoms with E-state index in [1.54, 1.807) is 13.8 Å². The fraction of sp³-hybridized carbons (Fsp3) is 0.833. The Bertz CT molecular complexity index is 258. The number of ketones is 1. The van der Waals surface area contributed by atoms with Gasteiger partial charge in [0.1, 0.15) is 5.78 Å². The van der Waals surface area contributed by atoms with Gasteiger partial charge in [0.15, 0.2) is 0 Å². The van der Waals surface area contributed by atoms with Gasteiger partial charge >= 0.3 is 0 Å². The molecule has 16 heavy (non-hydrogen) atoms. The maximum atomic E-state index is 11.0. The molecule has 0 aromatic heterocycles. The zero-order valence-electron chi connectivity index (χ0n) is 10.5. The first-order chi connectivity index (χ1) is 7.49. The van der Waals surface area contributed by atoms with Crippen molar-refractivity contribution in [2.24, 2.45) is 0 Å². The summed E-state index contributed by atoms with van der Waals surface area (Å²) >= 11 is 0. The van der Waals surface area contributed by atoms with Crippen LogP contribution in [0.2, 0.25) is 0 Å². The summed E-state index contributed by atoms with van der Waals surface area (Å²) in [7, 11) is 0. The fourth-order valence-electron chi connectivity index (χ4n) is 2.32. The zero-order valence-corrected chi connectivity index (χ0v) is 10.5. The molecule has 4 nitrogen and oxygen atoms in total. The Hall–Kier alpha value is -0.900. The number of likely N-dealkylation sites (tertiary alicyclic amines) is 1. The number of rotatable bonds is 4. The number of Topliss-reactive ketones (excluding diaryl/α,β-unsaturated/α-hetero) is 1. The lowest BCUT2D eigenvalue weighted by molar-refractivity contribution is -0.120. The van der Waals surface area contributed by atoms with E-state index in [4.69, 9.17) is 0 Å². The Balaban J connectivity index is 2.31. The van der Waals surface area contributed by atoms with Crippen LogP contribution in [0.3, 0.4) is 0 Å². The second-order valence-electron chi connectivity index (χ2n) is 4.77. The lowest BCUT2D eigenvalue weighted by Gasteiger charge is -2.35. The van der Waals surface area contributed by atoms with Gasteiger partial charge in [-0.2, -0.15) is 0 Å². The highest BCUT2D eigenvalue weighted by Gasteiger charge is 2.23. The quantitative estimate of drug-likeness (QED) is 0.776. The van der Waals surface area contributed by atoms with Gasteiger partial charge in [-0.1, -0.05) is 0 Å². The molecule has 4 heteroatoms. The van der Waals surface area contributed by atoms with Crippen LogP contribution in [-0.2, 0) is 9.59 Å². The van der Waals surface area contributed by atoms with E-state index < -0.39 is 0 Å². The average Bonchev–Trinajstić information content (AvgIpc) is 2.16. The lowest BCUT2D eigenvalue weighted by atomic mass is 10.0. The van der Waals surface area contributed by atoms with E-state index in [0.717, 1.165) is 25.9 Å². The van der Waals surface area contributed by atoms with Crippen molar-refractivity contribution in [3.05, 3.63) is 0 Å². The van der Waals surface area contributed by atoms with E-state index >= 15 is 0 Å². The predicted octanol–water partition coefficient (Wildman–Crippen LogP) is 0.954. The van der Waals surface area contributed by atoms with Crippen LogP contribution in [0.4, 0.5) is 0 Å². The molecular formula is C12H22N2O2. The smallest absolute Gasteiger partial charge is 0.217 e. The molecule has 1 atom stereocenters. The first-order valence-corrected chi connectivity index (χ1v) is 5.99. The maximum absolute atomic E-state index is 11.0. The Morgan fingerprint density at radius 2 is 1.88 bits per heavy atom. The molecule has 1 amide bonds. The first kappa shape index (κ1) is 13.2. The minimum atomic E-state index is 0.0511. The summed E-state index contributed by atoms with van der Waals surface area (Å²) in [6.45, 7) is 7.24. The highest BCUT2D eigenvalue weighted by Crippen LogP contribution is 2.15. The van der Waals surface area contributed by atoms with Gasteiger partial charge in [-0.3, -0.25) is 9.59 Å². The second-order valence-corrected chi connectivity index (χ2v) is 4.77. The van der Waals surface area contributed by atoms with Crippen molar-refractivity contribution >= 4 is 11.7 Å². The highest BCUT2D eigenvalue weighted by atomic mass is 16.1. The molecule has 1 aliphatic rings. The fourth-order valence-corrected chi connectivity index (χ4v) is 2.32. The molecule has 0 radical (unpaired) electrons. The molecule has 1 unspecified atom stereocenters. The molecule has 1 rings (SSSR count). The average molecular weight is 226 g/mol. The molecule has 0 spiro atoms. The summed E-state index contributed by atoms with van der Waals surface area (Å²) in [5, 5.41) is 2.95. The topological polar surface area (TPSA) is 49.4 Å². The van der Waals surface area contributed by atoms with E-state index in [9.17, 15) is 9.59 Å². The van der Waals surface area contributed by atoms with E-state index in [2.05, 4.69) is 17.1 Å². The molecule has 0 saturated carbocycles. The third kappa shape index (κ3) is 4.31. The Labute approximate surface area is 97.4 Å². The Morgan fingerprint density at radius 1 is 1.31 bits per heavy atom. The summed E-state index contributed by atoms with van der Waals surface area (Å²) in [5.74, 6) is 0.298. The van der Waals surface area contributed by atoms with Crippen molar-refractivity contribution in [2.75, 3.05) is 13.1 Å². The number of hydrogen-bond acceptors (Lipinski definition) is 3. The van der Waals surface area contributed by atoms with Crippen molar-refractivity contribution in [3.8, 4) is 0 Å². The molecule has 1 N–H and O–H groups in total. The monoisotopic (exact) mass is 226 g/mol. The van der Waals surface area contributed by atoms with Crippen LogP contribution in [0.1, 0.15) is 40.0 Å². The van der Waals surface area contributed by atoms with Gasteiger partial charge in [0.05, 0.1) is 0 Å². The number of nitrogens with one attached hydrogen (secondary N) is 1. The Kier molecular flexibility index (Phi) is 4.93. The minimum absolute atomic E-state index is 0.0511. The molecule has 0 bridgehead atoms. The number of hydrogen-bond donors (Lipinski definition) is 1. The summed E-state index contributed by atoms with van der Waals surface area (Å²) < 4.78 is 0. The minimum Gasteiger partial charge on any atom is -0.354 e. The highest BCUT2D eigenvalue weighted by molar-refractivity contribution is 5.76. The van der Waals surface area contributed by atoms with Crippen LogP contribution in [0.5, 0.6) is 0 Å². The normalized spacial score (nSPS) is 20.4. The number of amides is 1. The van der Waals surface area contributed by atoms with E-state index in [1.807, 2.05) is 0 Å². The summed E-state index contributed by atoms with van der Waals surface area (Å²) in [6.07, 6.45) is 2.61. The Morgan fingerprint density at radius 3 is 2.31 bits per heavy atom. The maximum Gasteiger partial charge on any atom is 0.217 e. The molecule has 1 heterocycles. The van der Waals surface area contributed by atoms with Crippen molar-refractivity contribution in [3.63, 3.8) is 0 Å². The van der Waals surface area contributed by atoms with E-state index in [1.165, 1.54) is 0 Å². The predicted molar refractivity (Wildman–Crippen MR) is 63.2 cm³/mol. The van der Waals surface area contributed by atoms with Crippen LogP contribution in [0, 0.1) is 0 Å². The number of piperidine rings is 1. The molecule has 92 valence electrons. The van der Waals surface area contributed by atoms with Crippen molar-refractivity contribution in [2.45, 2.75) is 52.1 Å². The van der Waals surface area contributed by atoms with Crippen LogP contribution in [-0.4, -0.2) is 41.8 Å². The molecule has 1 saturated heterocycles. The van der Waals surface area contributed by atoms with E-state index in [-0.39, 0.29) is 11.7 Å². The van der Waals surface area contributed by atoms with Gasteiger partial charge in [-0.15, -0.1) is 0 Å². The summed E-state index contributed by atoms with van der Waals surface area (Å²) in [4.78, 5) is 24.3. The van der Waals surface area contributed by atoms with Crippen molar-refractivity contribution < 1.29 is 9.59 Å². The van der Waals surface area contributed by atoms with Crippen LogP contribution in [0.25, 0.3) is 0 Å². The van der Waals surface area contributed by atoms with Crippen molar-refractivity contribution in [1.82, 2.24) is 10.2 Å². The molecule has 0 aliphatic carbocycles. The molecular weight excluding hydrogens is 204 g/mol. The van der Waals surface area contributed by atoms with E-state index in [0.29, 0.717) is 18.5 Å². The molecule has 1 aliphatic heterocycles. The summed E-state index contributed by atoms with van der Waals surface area (Å²) in [5.41, 5.74) is 0. The van der Waals surface area contributed by atoms with Gasteiger partial charge in [0.2, 0.25) is 5.91 Å². The number of carbonyl (C=O) groups excluding carboxylic acids is 2. The van der Waals surface area contributed by atoms with Crippen LogP contribution >= 0.6 is 0 Å². The summed E-state index contributed by atoms with van der Waals surface area (Å²) in [6, 6.07) is 0.647. The van der Waals surface area contributed by atoms with Gasteiger partial charge in [-0.05, 0) is 26.7 Å². The first-order valence-electron chi connectivity index (χ1n) is 5.99. The number of carbonyl (C=O) groups is 2. The van der Waals surface area contributed by atoms with Crippen molar-refractivity contribution in [1.29, 1.82) is 0 Å². The number of nitrogens with zero attached hydrogens (tertiary/aromatic N) is 1. The SMILES string of the molecule is CC(=O)CC(C)N1CCC(NC(C)=O)CC1. The zero-order chi connectivity index (χ0) is 12.1. The third-order valence-corrected chi connectivity index (χ3v) is 3.14. The molecule has 0 aromatic rings. The standard InChI is InChI=1S/C12H22N2O2/c1-9(8-10(2)15)14-6-4-12(5-7-14)13-11(3)16/h9,12H,4-8H2,1-3H3,(H,13,16).